The molecular weight excluding hydrogens is 360 g/mol. The molecule has 102 valence electrons. The highest BCUT2D eigenvalue weighted by atomic mass is 127. The van der Waals surface area contributed by atoms with Crippen molar-refractivity contribution in [1.82, 2.24) is 5.32 Å². The van der Waals surface area contributed by atoms with E-state index >= 15 is 0 Å². The molecule has 0 amide bonds. The third-order valence-electron chi connectivity index (χ3n) is 2.89. The third kappa shape index (κ3) is 3.70. The van der Waals surface area contributed by atoms with E-state index in [0.717, 1.165) is 15.1 Å². The van der Waals surface area contributed by atoms with Crippen molar-refractivity contribution in [3.8, 4) is 5.75 Å². The fourth-order valence-electron chi connectivity index (χ4n) is 1.77. The second-order valence-corrected chi connectivity index (χ2v) is 5.27. The zero-order chi connectivity index (χ0) is 13.8. The minimum absolute atomic E-state index is 0.0307. The van der Waals surface area contributed by atoms with E-state index in [2.05, 4.69) is 27.9 Å². The predicted octanol–water partition coefficient (Wildman–Crippen LogP) is 3.88. The van der Waals surface area contributed by atoms with Crippen molar-refractivity contribution in [2.24, 2.45) is 0 Å². The van der Waals surface area contributed by atoms with Gasteiger partial charge in [-0.3, -0.25) is 0 Å². The van der Waals surface area contributed by atoms with E-state index in [9.17, 15) is 4.39 Å². The van der Waals surface area contributed by atoms with Crippen LogP contribution in [0.1, 0.15) is 24.3 Å². The van der Waals surface area contributed by atoms with Crippen LogP contribution in [-0.2, 0) is 6.54 Å². The fourth-order valence-corrected chi connectivity index (χ4v) is 2.23. The zero-order valence-electron chi connectivity index (χ0n) is 10.7. The van der Waals surface area contributed by atoms with Crippen molar-refractivity contribution in [2.45, 2.75) is 19.5 Å². The molecule has 1 N–H and O–H groups in total. The van der Waals surface area contributed by atoms with Gasteiger partial charge < -0.3 is 14.5 Å². The highest BCUT2D eigenvalue weighted by Crippen LogP contribution is 2.22. The molecule has 0 aliphatic heterocycles. The quantitative estimate of drug-likeness (QED) is 0.806. The zero-order valence-corrected chi connectivity index (χ0v) is 12.9. The van der Waals surface area contributed by atoms with Crippen molar-refractivity contribution in [2.75, 3.05) is 7.11 Å². The lowest BCUT2D eigenvalue weighted by Crippen LogP contribution is -2.17. The van der Waals surface area contributed by atoms with Gasteiger partial charge in [-0.05, 0) is 59.3 Å². The number of hydrogen-bond donors (Lipinski definition) is 1. The maximum absolute atomic E-state index is 13.6. The number of hydrogen-bond acceptors (Lipinski definition) is 3. The summed E-state index contributed by atoms with van der Waals surface area (Å²) in [5.74, 6) is 0.781. The Morgan fingerprint density at radius 3 is 2.74 bits per heavy atom. The van der Waals surface area contributed by atoms with Crippen LogP contribution in [-0.4, -0.2) is 7.11 Å². The molecule has 2 rings (SSSR count). The lowest BCUT2D eigenvalue weighted by atomic mass is 10.1. The summed E-state index contributed by atoms with van der Waals surface area (Å²) in [6.07, 6.45) is 0. The summed E-state index contributed by atoms with van der Waals surface area (Å²) in [6.45, 7) is 2.59. The Morgan fingerprint density at radius 2 is 2.16 bits per heavy atom. The summed E-state index contributed by atoms with van der Waals surface area (Å²) in [5, 5.41) is 3.29. The van der Waals surface area contributed by atoms with Crippen LogP contribution in [0.4, 0.5) is 4.39 Å². The van der Waals surface area contributed by atoms with Crippen LogP contribution >= 0.6 is 22.6 Å². The van der Waals surface area contributed by atoms with Crippen LogP contribution in [0.3, 0.4) is 0 Å². The minimum Gasteiger partial charge on any atom is -0.494 e. The number of ether oxygens (including phenoxy) is 1. The Bertz CT molecular complexity index is 556. The Balaban J connectivity index is 1.99. The van der Waals surface area contributed by atoms with E-state index in [4.69, 9.17) is 9.15 Å². The number of methoxy groups -OCH3 is 1. The van der Waals surface area contributed by atoms with Crippen molar-refractivity contribution >= 4 is 22.6 Å². The van der Waals surface area contributed by atoms with Crippen LogP contribution in [0.5, 0.6) is 5.75 Å². The normalized spacial score (nSPS) is 12.4. The summed E-state index contributed by atoms with van der Waals surface area (Å²) in [5.41, 5.74) is 0.875. The first-order chi connectivity index (χ1) is 9.10. The lowest BCUT2D eigenvalue weighted by Gasteiger charge is -2.14. The molecule has 0 bridgehead atoms. The largest absolute Gasteiger partial charge is 0.494 e. The van der Waals surface area contributed by atoms with Gasteiger partial charge in [0.2, 0.25) is 0 Å². The van der Waals surface area contributed by atoms with E-state index in [0.29, 0.717) is 6.54 Å². The molecule has 1 aromatic heterocycles. The summed E-state index contributed by atoms with van der Waals surface area (Å²) < 4.78 is 24.8. The maximum Gasteiger partial charge on any atom is 0.165 e. The van der Waals surface area contributed by atoms with Gasteiger partial charge in [0, 0.05) is 6.04 Å². The molecule has 5 heteroatoms. The Labute approximate surface area is 125 Å². The van der Waals surface area contributed by atoms with Gasteiger partial charge in [0.15, 0.2) is 15.3 Å². The molecule has 0 radical (unpaired) electrons. The van der Waals surface area contributed by atoms with Gasteiger partial charge in [0.05, 0.1) is 13.7 Å². The summed E-state index contributed by atoms with van der Waals surface area (Å²) in [4.78, 5) is 0. The highest BCUT2D eigenvalue weighted by Gasteiger charge is 2.10. The number of rotatable bonds is 5. The molecule has 1 unspecified atom stereocenters. The van der Waals surface area contributed by atoms with Gasteiger partial charge in [-0.2, -0.15) is 0 Å². The molecule has 19 heavy (non-hydrogen) atoms. The van der Waals surface area contributed by atoms with Gasteiger partial charge in [-0.25, -0.2) is 4.39 Å². The van der Waals surface area contributed by atoms with Crippen LogP contribution in [0.25, 0.3) is 0 Å². The molecule has 0 saturated carbocycles. The number of nitrogens with one attached hydrogen (secondary N) is 1. The first kappa shape index (κ1) is 14.3. The predicted molar refractivity (Wildman–Crippen MR) is 79.6 cm³/mol. The molecule has 0 aliphatic carbocycles. The van der Waals surface area contributed by atoms with Crippen molar-refractivity contribution in [3.05, 3.63) is 51.2 Å². The van der Waals surface area contributed by atoms with Crippen LogP contribution in [0.15, 0.2) is 34.7 Å². The summed E-state index contributed by atoms with van der Waals surface area (Å²) in [6, 6.07) is 8.85. The highest BCUT2D eigenvalue weighted by molar-refractivity contribution is 14.1. The second kappa shape index (κ2) is 6.38. The molecule has 1 heterocycles. The number of furan rings is 1. The summed E-state index contributed by atoms with van der Waals surface area (Å²) >= 11 is 2.12. The van der Waals surface area contributed by atoms with Crippen molar-refractivity contribution < 1.29 is 13.5 Å². The van der Waals surface area contributed by atoms with E-state index in [1.54, 1.807) is 6.07 Å². The maximum atomic E-state index is 13.6. The Morgan fingerprint density at radius 1 is 1.37 bits per heavy atom. The van der Waals surface area contributed by atoms with Gasteiger partial charge in [-0.1, -0.05) is 6.07 Å². The van der Waals surface area contributed by atoms with E-state index in [1.165, 1.54) is 13.2 Å². The van der Waals surface area contributed by atoms with Crippen LogP contribution in [0.2, 0.25) is 0 Å². The Kier molecular flexibility index (Phi) is 4.81. The molecule has 0 spiro atoms. The molecule has 0 fully saturated rings. The molecular formula is C14H15FINO2. The van der Waals surface area contributed by atoms with E-state index in [1.807, 2.05) is 25.1 Å². The standard InChI is InChI=1S/C14H15FINO2/c1-9(17-8-11-4-6-14(16)19-11)10-3-5-13(18-2)12(15)7-10/h3-7,9,17H,8H2,1-2H3. The van der Waals surface area contributed by atoms with Gasteiger partial charge in [-0.15, -0.1) is 0 Å². The van der Waals surface area contributed by atoms with Crippen molar-refractivity contribution in [1.29, 1.82) is 0 Å². The monoisotopic (exact) mass is 375 g/mol. The van der Waals surface area contributed by atoms with Crippen LogP contribution < -0.4 is 10.1 Å². The molecule has 2 aromatic rings. The third-order valence-corrected chi connectivity index (χ3v) is 3.47. The second-order valence-electron chi connectivity index (χ2n) is 4.20. The summed E-state index contributed by atoms with van der Waals surface area (Å²) in [7, 11) is 1.46. The first-order valence-electron chi connectivity index (χ1n) is 5.91. The molecule has 3 nitrogen and oxygen atoms in total. The molecule has 1 aromatic carbocycles. The van der Waals surface area contributed by atoms with E-state index < -0.39 is 0 Å². The smallest absolute Gasteiger partial charge is 0.165 e. The van der Waals surface area contributed by atoms with Gasteiger partial charge in [0.25, 0.3) is 0 Å². The first-order valence-corrected chi connectivity index (χ1v) is 6.99. The molecule has 1 atom stereocenters. The topological polar surface area (TPSA) is 34.4 Å². The fraction of sp³-hybridized carbons (Fsp3) is 0.286. The lowest BCUT2D eigenvalue weighted by molar-refractivity contribution is 0.385. The Hall–Kier alpha value is -1.08. The van der Waals surface area contributed by atoms with E-state index in [-0.39, 0.29) is 17.6 Å². The van der Waals surface area contributed by atoms with Crippen LogP contribution in [0, 0.1) is 9.58 Å². The average Bonchev–Trinajstić information content (AvgIpc) is 2.81. The number of benzene rings is 1. The van der Waals surface area contributed by atoms with Crippen molar-refractivity contribution in [3.63, 3.8) is 0 Å². The molecule has 0 aliphatic rings. The SMILES string of the molecule is COc1ccc(C(C)NCc2ccc(I)o2)cc1F. The molecule has 0 saturated heterocycles. The minimum atomic E-state index is -0.346. The number of halogens is 2. The van der Waals surface area contributed by atoms with Gasteiger partial charge >= 0.3 is 0 Å². The van der Waals surface area contributed by atoms with Gasteiger partial charge in [0.1, 0.15) is 5.76 Å². The average molecular weight is 375 g/mol.